The predicted octanol–water partition coefficient (Wildman–Crippen LogP) is 4.48. The summed E-state index contributed by atoms with van der Waals surface area (Å²) >= 11 is 0. The Balaban J connectivity index is 2.92. The van der Waals surface area contributed by atoms with Gasteiger partial charge in [-0.3, -0.25) is 52.7 Å². The summed E-state index contributed by atoms with van der Waals surface area (Å²) in [7, 11) is 9.78. The van der Waals surface area contributed by atoms with E-state index in [2.05, 4.69) is 26.6 Å². The molecule has 26 heteroatoms. The second-order valence-corrected chi connectivity index (χ2v) is 28.9. The Morgan fingerprint density at radius 2 is 0.979 bits per heavy atom. The lowest BCUT2D eigenvalue weighted by atomic mass is 9.91. The lowest BCUT2D eigenvalue weighted by Gasteiger charge is -2.41. The van der Waals surface area contributed by atoms with Crippen molar-refractivity contribution in [2.75, 3.05) is 62.5 Å². The van der Waals surface area contributed by atoms with Crippen LogP contribution in [0.2, 0.25) is 0 Å². The molecule has 6 N–H and O–H groups in total. The van der Waals surface area contributed by atoms with Crippen molar-refractivity contribution in [1.29, 1.82) is 0 Å². The number of allylic oxidation sites excluding steroid dienone is 1. The molecule has 548 valence electrons. The van der Waals surface area contributed by atoms with Gasteiger partial charge in [0.2, 0.25) is 65.0 Å². The zero-order valence-corrected chi connectivity index (χ0v) is 62.6. The predicted molar refractivity (Wildman–Crippen MR) is 372 cm³/mol. The number of carbonyl (C=O) groups is 12. The number of hydrogen-bond acceptors (Lipinski definition) is 14. The number of nitrogens with zero attached hydrogens (tertiary/aromatic N) is 7. The van der Waals surface area contributed by atoms with Crippen LogP contribution in [-0.2, 0) is 64.0 Å². The highest BCUT2D eigenvalue weighted by molar-refractivity contribution is 5.99. The van der Waals surface area contributed by atoms with Gasteiger partial charge in [-0.25, -0.2) is 4.79 Å². The third-order valence-corrected chi connectivity index (χ3v) is 17.9. The monoisotopic (exact) mass is 1360 g/mol. The fourth-order valence-electron chi connectivity index (χ4n) is 11.8. The first-order valence-corrected chi connectivity index (χ1v) is 34.4. The summed E-state index contributed by atoms with van der Waals surface area (Å²) in [6, 6.07) is -5.16. The Hall–Kier alpha value is -7.64. The van der Waals surface area contributed by atoms with Gasteiger partial charge in [-0.1, -0.05) is 139 Å². The van der Waals surface area contributed by atoms with Gasteiger partial charge < -0.3 is 70.7 Å². The molecule has 0 aromatic heterocycles. The number of rotatable bonds is 19. The molecule has 1 aliphatic heterocycles. The van der Waals surface area contributed by atoms with Crippen molar-refractivity contribution in [3.8, 4) is 0 Å². The fraction of sp³-hybridized carbons (Fsp3) is 0.718. The first-order valence-electron chi connectivity index (χ1n) is 34.4. The molecule has 1 aromatic carbocycles. The normalized spacial score (nSPS) is 24.9. The molecule has 0 spiro atoms. The molecule has 1 heterocycles. The van der Waals surface area contributed by atoms with Crippen molar-refractivity contribution >= 4 is 71.1 Å². The summed E-state index contributed by atoms with van der Waals surface area (Å²) in [5.74, 6) is -10.4. The van der Waals surface area contributed by atoms with Gasteiger partial charge >= 0.3 is 6.09 Å². The van der Waals surface area contributed by atoms with E-state index in [9.17, 15) is 43.5 Å². The summed E-state index contributed by atoms with van der Waals surface area (Å²) in [5, 5.41) is 26.1. The van der Waals surface area contributed by atoms with Crippen LogP contribution in [0, 0.1) is 48.3 Å². The smallest absolute Gasteiger partial charge is 0.407 e. The summed E-state index contributed by atoms with van der Waals surface area (Å²) < 4.78 is 5.34. The van der Waals surface area contributed by atoms with Crippen LogP contribution in [0.15, 0.2) is 36.4 Å². The van der Waals surface area contributed by atoms with Crippen molar-refractivity contribution < 1.29 is 67.4 Å². The minimum absolute atomic E-state index is 0.0299. The largest absolute Gasteiger partial charge is 0.445 e. The number of nitrogens with one attached hydrogen (secondary N) is 5. The molecular formula is C71H120N12O14. The third-order valence-electron chi connectivity index (χ3n) is 17.9. The number of aliphatic hydroxyl groups excluding tert-OH is 1. The van der Waals surface area contributed by atoms with Gasteiger partial charge in [-0.15, -0.1) is 0 Å². The highest BCUT2D eigenvalue weighted by Crippen LogP contribution is 2.26. The number of aryl methyl sites for hydroxylation is 1. The quantitative estimate of drug-likeness (QED) is 0.104. The van der Waals surface area contributed by atoms with E-state index in [0.717, 1.165) is 20.9 Å². The lowest BCUT2D eigenvalue weighted by Crippen LogP contribution is -2.63. The Kier molecular flexibility index (Phi) is 35.0. The van der Waals surface area contributed by atoms with E-state index in [0.29, 0.717) is 0 Å². The van der Waals surface area contributed by atoms with Crippen LogP contribution in [0.1, 0.15) is 160 Å². The minimum atomic E-state index is -1.73. The van der Waals surface area contributed by atoms with Crippen molar-refractivity contribution in [1.82, 2.24) is 60.9 Å². The number of amides is 12. The van der Waals surface area contributed by atoms with E-state index < -0.39 is 162 Å². The molecule has 12 atom stereocenters. The zero-order valence-electron chi connectivity index (χ0n) is 62.6. The maximum atomic E-state index is 15.4. The van der Waals surface area contributed by atoms with Crippen molar-refractivity contribution in [2.24, 2.45) is 41.4 Å². The molecule has 0 radical (unpaired) electrons. The first-order chi connectivity index (χ1) is 45.0. The molecule has 1 aliphatic rings. The molecule has 0 saturated carbocycles. The Morgan fingerprint density at radius 3 is 1.47 bits per heavy atom. The van der Waals surface area contributed by atoms with Crippen molar-refractivity contribution in [2.45, 2.75) is 229 Å². The average molecular weight is 1370 g/mol. The van der Waals surface area contributed by atoms with Crippen molar-refractivity contribution in [3.63, 3.8) is 0 Å². The summed E-state index contributed by atoms with van der Waals surface area (Å²) in [6.45, 7) is 29.3. The van der Waals surface area contributed by atoms with Gasteiger partial charge in [0.1, 0.15) is 67.0 Å². The van der Waals surface area contributed by atoms with Crippen LogP contribution in [0.4, 0.5) is 4.79 Å². The molecule has 1 fully saturated rings. The molecule has 1 saturated heterocycles. The topological polar surface area (TPSA) is 317 Å². The highest BCUT2D eigenvalue weighted by Gasteiger charge is 2.46. The number of hydrogen-bond donors (Lipinski definition) is 6. The van der Waals surface area contributed by atoms with E-state index in [1.807, 2.05) is 86.6 Å². The second-order valence-electron chi connectivity index (χ2n) is 28.9. The van der Waals surface area contributed by atoms with Crippen LogP contribution in [0.25, 0.3) is 0 Å². The molecule has 97 heavy (non-hydrogen) atoms. The number of ether oxygens (including phenoxy) is 1. The zero-order chi connectivity index (χ0) is 74.4. The molecule has 1 aromatic rings. The number of alkyl carbamates (subject to hydrolysis) is 1. The summed E-state index contributed by atoms with van der Waals surface area (Å²) in [4.78, 5) is 183. The molecule has 3 unspecified atom stereocenters. The van der Waals surface area contributed by atoms with Gasteiger partial charge in [0.25, 0.3) is 0 Å². The van der Waals surface area contributed by atoms with Gasteiger partial charge in [0, 0.05) is 55.9 Å². The molecular weight excluding hydrogens is 1240 g/mol. The average Bonchev–Trinajstić information content (AvgIpc) is 0.896. The highest BCUT2D eigenvalue weighted by atomic mass is 16.5. The van der Waals surface area contributed by atoms with Crippen molar-refractivity contribution in [3.05, 3.63) is 47.5 Å². The van der Waals surface area contributed by atoms with E-state index in [1.54, 1.807) is 53.7 Å². The SMILES string of the molecule is CCC1NC(=O)C([C@H](O)[C@H](C)CC=CCOC(=O)NCc2ccc(C)cc2)N(C)C(=O)[C@H](C(C)C)N(C)C(=O)[C@@H](CC(C)C)N(C)C(=O)[C@@H](CC(C)C)N(C)C(=O)[C@@H](C)NC(=O)[C@H](C)NC(=O)[C@H](CC(C)C)N(C)C(=O)[C@H](C(C)C)NC(=O)C(CC(C)C)N(C)C(=O)CN(C)C1=O. The maximum absolute atomic E-state index is 15.4. The maximum Gasteiger partial charge on any atom is 0.407 e. The summed E-state index contributed by atoms with van der Waals surface area (Å²) in [5.41, 5.74) is 1.95. The minimum Gasteiger partial charge on any atom is -0.445 e. The van der Waals surface area contributed by atoms with E-state index in [1.165, 1.54) is 87.7 Å². The van der Waals surface area contributed by atoms with Crippen LogP contribution in [0.3, 0.4) is 0 Å². The Labute approximate surface area is 577 Å². The number of benzene rings is 1. The Bertz CT molecular complexity index is 2860. The molecule has 0 bridgehead atoms. The first kappa shape index (κ1) is 85.4. The molecule has 2 rings (SSSR count). The summed E-state index contributed by atoms with van der Waals surface area (Å²) in [6.07, 6.45) is 1.49. The molecule has 0 aliphatic carbocycles. The van der Waals surface area contributed by atoms with Crippen LogP contribution >= 0.6 is 0 Å². The standard InChI is InChI=1S/C71H120N12O14/c1-25-51-66(91)77(18)39-56(84)78(19)52(34-40(2)3)63(88)76-57(44(10)11)69(94)79(20)53(35-41(4)5)62(87)73-48(16)61(86)74-49(17)65(90)80(21)54(36-42(6)7)67(92)81(22)55(37-43(8)9)68(93)82(23)58(45(12)13)70(95)83(24)59(64(89)75-51)60(85)47(15)28-26-27-33-97-71(96)72-38-50-31-29-46(14)30-32-50/h26-27,29-32,40-45,47-49,51-55,57-60,85H,25,28,33-39H2,1-24H3,(H,72,96)(H,73,87)(H,74,86)(H,75,89)(H,76,88)/t47-,48+,49-,51?,52?,53+,54-,55-,57+,58+,59?,60-/m1/s1. The Morgan fingerprint density at radius 1 is 0.526 bits per heavy atom. The third kappa shape index (κ3) is 25.3. The van der Waals surface area contributed by atoms with Gasteiger partial charge in [-0.2, -0.15) is 0 Å². The number of aliphatic hydroxyl groups is 1. The lowest BCUT2D eigenvalue weighted by molar-refractivity contribution is -0.157. The van der Waals surface area contributed by atoms with Gasteiger partial charge in [-0.05, 0) is 106 Å². The fourth-order valence-corrected chi connectivity index (χ4v) is 11.8. The number of likely N-dealkylation sites (N-methyl/N-ethyl adjacent to an activating group) is 7. The van der Waals surface area contributed by atoms with Crippen LogP contribution in [-0.4, -0.2) is 239 Å². The van der Waals surface area contributed by atoms with E-state index in [4.69, 9.17) is 4.74 Å². The van der Waals surface area contributed by atoms with E-state index in [-0.39, 0.29) is 75.3 Å². The van der Waals surface area contributed by atoms with Gasteiger partial charge in [0.15, 0.2) is 0 Å². The van der Waals surface area contributed by atoms with Gasteiger partial charge in [0.05, 0.1) is 12.6 Å². The van der Waals surface area contributed by atoms with Crippen LogP contribution < -0.4 is 26.6 Å². The van der Waals surface area contributed by atoms with Crippen LogP contribution in [0.5, 0.6) is 0 Å². The van der Waals surface area contributed by atoms with E-state index >= 15 is 19.2 Å². The number of carbonyl (C=O) groups excluding carboxylic acids is 12. The second kappa shape index (κ2) is 39.7. The molecule has 26 nitrogen and oxygen atoms in total. The molecule has 12 amide bonds.